The molecule has 0 saturated heterocycles. The molecule has 0 spiro atoms. The molecule has 0 aliphatic rings. The highest BCUT2D eigenvalue weighted by molar-refractivity contribution is 5.36. The summed E-state index contributed by atoms with van der Waals surface area (Å²) in [5.41, 5.74) is 2.76. The second kappa shape index (κ2) is 5.45. The van der Waals surface area contributed by atoms with Crippen molar-refractivity contribution in [3.63, 3.8) is 0 Å². The Morgan fingerprint density at radius 2 is 1.74 bits per heavy atom. The molecule has 2 rings (SSSR count). The van der Waals surface area contributed by atoms with Crippen LogP contribution in [0.1, 0.15) is 42.7 Å². The Balaban J connectivity index is 2.33. The van der Waals surface area contributed by atoms with E-state index in [0.29, 0.717) is 17.4 Å². The molecule has 0 fully saturated rings. The lowest BCUT2D eigenvalue weighted by molar-refractivity contribution is 0.204. The van der Waals surface area contributed by atoms with E-state index < -0.39 is 6.10 Å². The number of ether oxygens (including phenoxy) is 1. The lowest BCUT2D eigenvalue weighted by Gasteiger charge is -2.14. The highest BCUT2D eigenvalue weighted by Crippen LogP contribution is 2.29. The summed E-state index contributed by atoms with van der Waals surface area (Å²) in [5, 5.41) is 14.6. The van der Waals surface area contributed by atoms with Crippen molar-refractivity contribution in [2.24, 2.45) is 7.05 Å². The third-order valence-corrected chi connectivity index (χ3v) is 3.35. The Hall–Kier alpha value is -1.81. The molecule has 2 aromatic rings. The van der Waals surface area contributed by atoms with Gasteiger partial charge in [-0.05, 0) is 17.0 Å². The molecular weight excluding hydrogens is 240 g/mol. The minimum atomic E-state index is -0.733. The fraction of sp³-hybridized carbons (Fsp3) is 0.400. The van der Waals surface area contributed by atoms with Crippen molar-refractivity contribution in [1.82, 2.24) is 9.78 Å². The Kier molecular flexibility index (Phi) is 3.90. The van der Waals surface area contributed by atoms with Gasteiger partial charge in [0.25, 0.3) is 0 Å². The molecule has 0 saturated carbocycles. The summed E-state index contributed by atoms with van der Waals surface area (Å²) >= 11 is 0. The standard InChI is InChI=1S/C15H20N2O2/c1-10(2)11-5-7-12(8-6-11)15(18)14-13(19-4)9-16-17(14)3/h5-10,15,18H,1-4H3. The normalized spacial score (nSPS) is 12.7. The van der Waals surface area contributed by atoms with Gasteiger partial charge in [0.1, 0.15) is 11.8 Å². The van der Waals surface area contributed by atoms with E-state index in [-0.39, 0.29) is 0 Å². The molecule has 19 heavy (non-hydrogen) atoms. The Labute approximate surface area is 113 Å². The number of nitrogens with zero attached hydrogens (tertiary/aromatic N) is 2. The van der Waals surface area contributed by atoms with Gasteiger partial charge in [0.15, 0.2) is 5.75 Å². The highest BCUT2D eigenvalue weighted by atomic mass is 16.5. The second-order valence-corrected chi connectivity index (χ2v) is 4.95. The molecule has 1 aromatic carbocycles. The highest BCUT2D eigenvalue weighted by Gasteiger charge is 2.20. The first kappa shape index (κ1) is 13.6. The van der Waals surface area contributed by atoms with Gasteiger partial charge in [-0.15, -0.1) is 0 Å². The number of methoxy groups -OCH3 is 1. The molecule has 4 nitrogen and oxygen atoms in total. The molecule has 0 radical (unpaired) electrons. The smallest absolute Gasteiger partial charge is 0.162 e. The van der Waals surface area contributed by atoms with Crippen molar-refractivity contribution < 1.29 is 9.84 Å². The zero-order chi connectivity index (χ0) is 14.0. The molecular formula is C15H20N2O2. The summed E-state index contributed by atoms with van der Waals surface area (Å²) in [5.74, 6) is 1.08. The van der Waals surface area contributed by atoms with Crippen molar-refractivity contribution in [2.75, 3.05) is 7.11 Å². The molecule has 0 aliphatic heterocycles. The quantitative estimate of drug-likeness (QED) is 0.919. The number of rotatable bonds is 4. The predicted molar refractivity (Wildman–Crippen MR) is 74.4 cm³/mol. The SMILES string of the molecule is COc1cnn(C)c1C(O)c1ccc(C(C)C)cc1. The number of aliphatic hydroxyl groups is 1. The third-order valence-electron chi connectivity index (χ3n) is 3.35. The average Bonchev–Trinajstić information content (AvgIpc) is 2.79. The number of hydrogen-bond acceptors (Lipinski definition) is 3. The molecule has 0 bridgehead atoms. The maximum atomic E-state index is 10.5. The van der Waals surface area contributed by atoms with Gasteiger partial charge in [0.05, 0.1) is 13.3 Å². The van der Waals surface area contributed by atoms with Crippen LogP contribution in [0.5, 0.6) is 5.75 Å². The zero-order valence-corrected chi connectivity index (χ0v) is 11.8. The number of hydrogen-bond donors (Lipinski definition) is 1. The number of benzene rings is 1. The summed E-state index contributed by atoms with van der Waals surface area (Å²) < 4.78 is 6.87. The summed E-state index contributed by atoms with van der Waals surface area (Å²) in [6.07, 6.45) is 0.879. The van der Waals surface area contributed by atoms with E-state index in [2.05, 4.69) is 18.9 Å². The molecule has 1 aromatic heterocycles. The van der Waals surface area contributed by atoms with E-state index >= 15 is 0 Å². The Morgan fingerprint density at radius 1 is 1.16 bits per heavy atom. The Morgan fingerprint density at radius 3 is 2.26 bits per heavy atom. The van der Waals surface area contributed by atoms with Crippen molar-refractivity contribution in [2.45, 2.75) is 25.9 Å². The van der Waals surface area contributed by atoms with E-state index in [1.54, 1.807) is 25.0 Å². The van der Waals surface area contributed by atoms with Gasteiger partial charge in [-0.25, -0.2) is 0 Å². The van der Waals surface area contributed by atoms with Gasteiger partial charge >= 0.3 is 0 Å². The molecule has 1 heterocycles. The van der Waals surface area contributed by atoms with Crippen molar-refractivity contribution >= 4 is 0 Å². The van der Waals surface area contributed by atoms with Crippen LogP contribution in [-0.2, 0) is 7.05 Å². The minimum absolute atomic E-state index is 0.484. The van der Waals surface area contributed by atoms with Gasteiger partial charge in [-0.2, -0.15) is 5.10 Å². The number of aliphatic hydroxyl groups excluding tert-OH is 1. The first-order valence-corrected chi connectivity index (χ1v) is 6.38. The van der Waals surface area contributed by atoms with E-state index in [4.69, 9.17) is 4.74 Å². The maximum Gasteiger partial charge on any atom is 0.162 e. The summed E-state index contributed by atoms with van der Waals surface area (Å²) in [4.78, 5) is 0. The lowest BCUT2D eigenvalue weighted by atomic mass is 9.99. The first-order chi connectivity index (χ1) is 9.04. The van der Waals surface area contributed by atoms with Gasteiger partial charge in [-0.3, -0.25) is 4.68 Å². The maximum absolute atomic E-state index is 10.5. The van der Waals surface area contributed by atoms with Crippen LogP contribution in [0, 0.1) is 0 Å². The number of aryl methyl sites for hydroxylation is 1. The molecule has 0 aliphatic carbocycles. The molecule has 0 amide bonds. The lowest BCUT2D eigenvalue weighted by Crippen LogP contribution is -2.08. The van der Waals surface area contributed by atoms with Crippen LogP contribution in [0.15, 0.2) is 30.5 Å². The van der Waals surface area contributed by atoms with Crippen LogP contribution in [0.3, 0.4) is 0 Å². The van der Waals surface area contributed by atoms with Crippen LogP contribution >= 0.6 is 0 Å². The van der Waals surface area contributed by atoms with Gasteiger partial charge in [0.2, 0.25) is 0 Å². The average molecular weight is 260 g/mol. The molecule has 102 valence electrons. The van der Waals surface area contributed by atoms with E-state index in [9.17, 15) is 5.11 Å². The topological polar surface area (TPSA) is 47.3 Å². The number of aromatic nitrogens is 2. The monoisotopic (exact) mass is 260 g/mol. The fourth-order valence-electron chi connectivity index (χ4n) is 2.12. The van der Waals surface area contributed by atoms with Crippen LogP contribution in [0.4, 0.5) is 0 Å². The molecule has 4 heteroatoms. The third kappa shape index (κ3) is 2.63. The van der Waals surface area contributed by atoms with Crippen LogP contribution in [0.2, 0.25) is 0 Å². The van der Waals surface area contributed by atoms with Gasteiger partial charge in [0, 0.05) is 7.05 Å². The zero-order valence-electron chi connectivity index (χ0n) is 11.8. The van der Waals surface area contributed by atoms with Gasteiger partial charge < -0.3 is 9.84 Å². The minimum Gasteiger partial charge on any atom is -0.493 e. The van der Waals surface area contributed by atoms with Gasteiger partial charge in [-0.1, -0.05) is 38.1 Å². The van der Waals surface area contributed by atoms with Crippen LogP contribution in [0.25, 0.3) is 0 Å². The molecule has 1 N–H and O–H groups in total. The largest absolute Gasteiger partial charge is 0.493 e. The summed E-state index contributed by atoms with van der Waals surface area (Å²) in [6.45, 7) is 4.30. The van der Waals surface area contributed by atoms with Crippen LogP contribution in [-0.4, -0.2) is 22.0 Å². The predicted octanol–water partition coefficient (Wildman–Crippen LogP) is 2.63. The van der Waals surface area contributed by atoms with Crippen molar-refractivity contribution in [3.8, 4) is 5.75 Å². The van der Waals surface area contributed by atoms with Crippen molar-refractivity contribution in [1.29, 1.82) is 0 Å². The summed E-state index contributed by atoms with van der Waals surface area (Å²) in [6, 6.07) is 8.00. The van der Waals surface area contributed by atoms with Crippen molar-refractivity contribution in [3.05, 3.63) is 47.3 Å². The van der Waals surface area contributed by atoms with Crippen LogP contribution < -0.4 is 4.74 Å². The summed E-state index contributed by atoms with van der Waals surface area (Å²) in [7, 11) is 3.37. The molecule has 1 unspecified atom stereocenters. The molecule has 1 atom stereocenters. The fourth-order valence-corrected chi connectivity index (χ4v) is 2.12. The van der Waals surface area contributed by atoms with E-state index in [1.165, 1.54) is 5.56 Å². The second-order valence-electron chi connectivity index (χ2n) is 4.95. The van der Waals surface area contributed by atoms with E-state index in [0.717, 1.165) is 5.56 Å². The first-order valence-electron chi connectivity index (χ1n) is 6.38. The Bertz CT molecular complexity index is 544. The van der Waals surface area contributed by atoms with E-state index in [1.807, 2.05) is 24.3 Å².